The van der Waals surface area contributed by atoms with Gasteiger partial charge in [0.2, 0.25) is 15.9 Å². The van der Waals surface area contributed by atoms with Crippen molar-refractivity contribution in [3.63, 3.8) is 0 Å². The van der Waals surface area contributed by atoms with Gasteiger partial charge >= 0.3 is 0 Å². The number of anilines is 1. The van der Waals surface area contributed by atoms with Crippen molar-refractivity contribution in [3.05, 3.63) is 28.2 Å². The van der Waals surface area contributed by atoms with E-state index in [1.807, 2.05) is 13.0 Å². The number of sulfonamides is 1. The molecule has 18 heavy (non-hydrogen) atoms. The predicted octanol–water partition coefficient (Wildman–Crippen LogP) is 1.64. The third-order valence-corrected chi connectivity index (χ3v) is 4.49. The van der Waals surface area contributed by atoms with Crippen molar-refractivity contribution in [2.45, 2.75) is 13.8 Å². The first-order chi connectivity index (χ1) is 8.34. The summed E-state index contributed by atoms with van der Waals surface area (Å²) in [5.74, 6) is -0.445. The van der Waals surface area contributed by atoms with Crippen LogP contribution in [0.25, 0.3) is 0 Å². The largest absolute Gasteiger partial charge is 0.325 e. The van der Waals surface area contributed by atoms with E-state index in [0.29, 0.717) is 5.69 Å². The molecule has 0 aliphatic carbocycles. The van der Waals surface area contributed by atoms with Gasteiger partial charge in [-0.05, 0) is 31.5 Å². The number of rotatable bonds is 5. The summed E-state index contributed by atoms with van der Waals surface area (Å²) in [5, 5.41) is 2.61. The van der Waals surface area contributed by atoms with Crippen LogP contribution in [-0.4, -0.2) is 26.6 Å². The summed E-state index contributed by atoms with van der Waals surface area (Å²) in [7, 11) is -3.34. The zero-order valence-electron chi connectivity index (χ0n) is 10.2. The Morgan fingerprint density at radius 3 is 2.61 bits per heavy atom. The molecule has 0 spiro atoms. The van der Waals surface area contributed by atoms with Gasteiger partial charge < -0.3 is 5.32 Å². The second-order valence-corrected chi connectivity index (χ2v) is 6.69. The molecule has 0 saturated heterocycles. The molecule has 0 aromatic heterocycles. The van der Waals surface area contributed by atoms with Gasteiger partial charge in [0.15, 0.2) is 0 Å². The second kappa shape index (κ2) is 6.31. The van der Waals surface area contributed by atoms with Crippen molar-refractivity contribution >= 4 is 37.5 Å². The van der Waals surface area contributed by atoms with Crippen LogP contribution in [0.1, 0.15) is 12.5 Å². The smallest absolute Gasteiger partial charge is 0.239 e. The van der Waals surface area contributed by atoms with Gasteiger partial charge in [-0.15, -0.1) is 0 Å². The number of carbonyl (C=O) groups excluding carboxylic acids is 1. The quantitative estimate of drug-likeness (QED) is 0.859. The Labute approximate surface area is 115 Å². The number of hydrogen-bond acceptors (Lipinski definition) is 3. The minimum atomic E-state index is -3.34. The summed E-state index contributed by atoms with van der Waals surface area (Å²) in [4.78, 5) is 11.5. The van der Waals surface area contributed by atoms with Crippen molar-refractivity contribution in [1.82, 2.24) is 4.72 Å². The average molecular weight is 335 g/mol. The minimum absolute atomic E-state index is 0.0453. The number of nitrogens with one attached hydrogen (secondary N) is 2. The molecule has 1 aromatic carbocycles. The van der Waals surface area contributed by atoms with E-state index >= 15 is 0 Å². The van der Waals surface area contributed by atoms with E-state index in [1.165, 1.54) is 6.92 Å². The highest BCUT2D eigenvalue weighted by Gasteiger charge is 2.09. The molecule has 2 N–H and O–H groups in total. The molecule has 0 unspecified atom stereocenters. The number of hydrogen-bond donors (Lipinski definition) is 2. The van der Waals surface area contributed by atoms with Gasteiger partial charge in [0, 0.05) is 10.2 Å². The number of halogens is 1. The molecule has 1 aromatic rings. The first kappa shape index (κ1) is 15.1. The van der Waals surface area contributed by atoms with E-state index < -0.39 is 15.9 Å². The lowest BCUT2D eigenvalue weighted by molar-refractivity contribution is -0.115. The monoisotopic (exact) mass is 334 g/mol. The Hall–Kier alpha value is -0.920. The zero-order valence-corrected chi connectivity index (χ0v) is 12.6. The van der Waals surface area contributed by atoms with Crippen molar-refractivity contribution in [2.75, 3.05) is 17.6 Å². The number of amides is 1. The van der Waals surface area contributed by atoms with Crippen molar-refractivity contribution < 1.29 is 13.2 Å². The van der Waals surface area contributed by atoms with Gasteiger partial charge in [-0.2, -0.15) is 0 Å². The Morgan fingerprint density at radius 1 is 1.39 bits per heavy atom. The molecular formula is C11H15BrN2O3S. The third-order valence-electron chi connectivity index (χ3n) is 2.29. The Kier molecular flexibility index (Phi) is 5.30. The fourth-order valence-corrected chi connectivity index (χ4v) is 2.09. The maximum atomic E-state index is 11.5. The van der Waals surface area contributed by atoms with Crippen LogP contribution in [0.4, 0.5) is 5.69 Å². The summed E-state index contributed by atoms with van der Waals surface area (Å²) in [5.41, 5.74) is 1.67. The first-order valence-electron chi connectivity index (χ1n) is 5.37. The van der Waals surface area contributed by atoms with Crippen molar-refractivity contribution in [3.8, 4) is 0 Å². The summed E-state index contributed by atoms with van der Waals surface area (Å²) < 4.78 is 25.4. The molecule has 1 amide bonds. The predicted molar refractivity (Wildman–Crippen MR) is 75.0 cm³/mol. The van der Waals surface area contributed by atoms with Gasteiger partial charge in [0.1, 0.15) is 0 Å². The Morgan fingerprint density at radius 2 is 2.06 bits per heavy atom. The molecule has 7 heteroatoms. The van der Waals surface area contributed by atoms with Crippen LogP contribution in [0.3, 0.4) is 0 Å². The number of carbonyl (C=O) groups is 1. The van der Waals surface area contributed by atoms with E-state index in [2.05, 4.69) is 26.0 Å². The van der Waals surface area contributed by atoms with Crippen LogP contribution in [0, 0.1) is 6.92 Å². The van der Waals surface area contributed by atoms with Gasteiger partial charge in [-0.25, -0.2) is 13.1 Å². The highest BCUT2D eigenvalue weighted by Crippen LogP contribution is 2.20. The SMILES string of the molecule is CCS(=O)(=O)NCC(=O)Nc1ccc(C)c(Br)c1. The van der Waals surface area contributed by atoms with Crippen LogP contribution < -0.4 is 10.0 Å². The lowest BCUT2D eigenvalue weighted by Gasteiger charge is -2.07. The molecule has 5 nitrogen and oxygen atoms in total. The normalized spacial score (nSPS) is 11.3. The van der Waals surface area contributed by atoms with Crippen LogP contribution in [-0.2, 0) is 14.8 Å². The van der Waals surface area contributed by atoms with Gasteiger partial charge in [0.25, 0.3) is 0 Å². The standard InChI is InChI=1S/C11H15BrN2O3S/c1-3-18(16,17)13-7-11(15)14-9-5-4-8(2)10(12)6-9/h4-6,13H,3,7H2,1-2H3,(H,14,15). The van der Waals surface area contributed by atoms with E-state index in [4.69, 9.17) is 0 Å². The summed E-state index contributed by atoms with van der Waals surface area (Å²) in [6.07, 6.45) is 0. The fourth-order valence-electron chi connectivity index (χ4n) is 1.15. The molecule has 0 atom stereocenters. The highest BCUT2D eigenvalue weighted by molar-refractivity contribution is 9.10. The third kappa shape index (κ3) is 4.75. The van der Waals surface area contributed by atoms with Gasteiger partial charge in [-0.1, -0.05) is 22.0 Å². The van der Waals surface area contributed by atoms with E-state index in [1.54, 1.807) is 12.1 Å². The molecule has 0 aliphatic heterocycles. The molecule has 0 heterocycles. The number of benzene rings is 1. The van der Waals surface area contributed by atoms with Crippen LogP contribution in [0.2, 0.25) is 0 Å². The lowest BCUT2D eigenvalue weighted by atomic mass is 10.2. The van der Waals surface area contributed by atoms with E-state index in [9.17, 15) is 13.2 Å². The van der Waals surface area contributed by atoms with Crippen molar-refractivity contribution in [2.24, 2.45) is 0 Å². The van der Waals surface area contributed by atoms with Crippen LogP contribution >= 0.6 is 15.9 Å². The summed E-state index contributed by atoms with van der Waals surface area (Å²) in [6, 6.07) is 5.38. The van der Waals surface area contributed by atoms with Gasteiger partial charge in [0.05, 0.1) is 12.3 Å². The molecule has 0 fully saturated rings. The molecule has 0 saturated carbocycles. The van der Waals surface area contributed by atoms with Crippen molar-refractivity contribution in [1.29, 1.82) is 0 Å². The lowest BCUT2D eigenvalue weighted by Crippen LogP contribution is -2.33. The maximum Gasteiger partial charge on any atom is 0.239 e. The molecular weight excluding hydrogens is 320 g/mol. The van der Waals surface area contributed by atoms with Crippen LogP contribution in [0.5, 0.6) is 0 Å². The zero-order chi connectivity index (χ0) is 13.8. The summed E-state index contributed by atoms with van der Waals surface area (Å²) in [6.45, 7) is 3.18. The second-order valence-electron chi connectivity index (χ2n) is 3.74. The molecule has 100 valence electrons. The van der Waals surface area contributed by atoms with E-state index in [0.717, 1.165) is 10.0 Å². The molecule has 0 aliphatic rings. The van der Waals surface area contributed by atoms with Gasteiger partial charge in [-0.3, -0.25) is 4.79 Å². The van der Waals surface area contributed by atoms with E-state index in [-0.39, 0.29) is 12.3 Å². The van der Waals surface area contributed by atoms with Crippen LogP contribution in [0.15, 0.2) is 22.7 Å². The molecule has 1 rings (SSSR count). The fraction of sp³-hybridized carbons (Fsp3) is 0.364. The maximum absolute atomic E-state index is 11.5. The minimum Gasteiger partial charge on any atom is -0.325 e. The summed E-state index contributed by atoms with van der Waals surface area (Å²) >= 11 is 3.36. The molecule has 0 radical (unpaired) electrons. The first-order valence-corrected chi connectivity index (χ1v) is 7.82. The Balaban J connectivity index is 2.57. The highest BCUT2D eigenvalue weighted by atomic mass is 79.9. The number of aryl methyl sites for hydroxylation is 1. The molecule has 0 bridgehead atoms. The average Bonchev–Trinajstić information content (AvgIpc) is 2.32. The Bertz CT molecular complexity index is 543. The topological polar surface area (TPSA) is 75.3 Å².